The quantitative estimate of drug-likeness (QED) is 0.568. The van der Waals surface area contributed by atoms with E-state index in [2.05, 4.69) is 25.3 Å². The second kappa shape index (κ2) is 6.90. The van der Waals surface area contributed by atoms with E-state index < -0.39 is 35.9 Å². The van der Waals surface area contributed by atoms with E-state index in [1.54, 1.807) is 0 Å². The Morgan fingerprint density at radius 2 is 2.26 bits per heavy atom. The number of carbonyl (C=O) groups excluding carboxylic acids is 4. The molecule has 2 heterocycles. The first-order chi connectivity index (χ1) is 10.9. The molecule has 0 saturated carbocycles. The highest BCUT2D eigenvalue weighted by Crippen LogP contribution is 2.07. The number of imide groups is 1. The minimum absolute atomic E-state index is 0.146. The van der Waals surface area contributed by atoms with E-state index in [1.165, 1.54) is 26.7 Å². The maximum atomic E-state index is 12.2. The van der Waals surface area contributed by atoms with Gasteiger partial charge in [-0.05, 0) is 0 Å². The number of aromatic amines is 1. The second-order valence-corrected chi connectivity index (χ2v) is 5.02. The Bertz CT molecular complexity index is 596. The van der Waals surface area contributed by atoms with Crippen LogP contribution in [0.4, 0.5) is 4.79 Å². The summed E-state index contributed by atoms with van der Waals surface area (Å²) in [5, 5.41) is 4.88. The molecule has 1 fully saturated rings. The SMILES string of the molecule is COC(=O)[C@H](Cc1cnc[nH]1)NC(=O)[C@@H]1CC(=O)N(C)C(=O)N1. The van der Waals surface area contributed by atoms with Gasteiger partial charge in [0.15, 0.2) is 0 Å². The number of hydrogen-bond acceptors (Lipinski definition) is 6. The molecule has 2 rings (SSSR count). The summed E-state index contributed by atoms with van der Waals surface area (Å²) in [7, 11) is 2.52. The summed E-state index contributed by atoms with van der Waals surface area (Å²) in [5.41, 5.74) is 0.629. The lowest BCUT2D eigenvalue weighted by atomic mass is 10.1. The molecule has 0 bridgehead atoms. The van der Waals surface area contributed by atoms with E-state index in [-0.39, 0.29) is 12.8 Å². The summed E-state index contributed by atoms with van der Waals surface area (Å²) in [4.78, 5) is 54.8. The smallest absolute Gasteiger partial charge is 0.328 e. The minimum atomic E-state index is -1.03. The van der Waals surface area contributed by atoms with Gasteiger partial charge in [0.2, 0.25) is 11.8 Å². The van der Waals surface area contributed by atoms with Gasteiger partial charge < -0.3 is 20.4 Å². The van der Waals surface area contributed by atoms with Crippen molar-refractivity contribution >= 4 is 23.8 Å². The fourth-order valence-electron chi connectivity index (χ4n) is 2.10. The average molecular weight is 323 g/mol. The number of H-pyrrole nitrogens is 1. The van der Waals surface area contributed by atoms with Crippen molar-refractivity contribution in [3.05, 3.63) is 18.2 Å². The molecule has 1 saturated heterocycles. The number of rotatable bonds is 5. The predicted molar refractivity (Wildman–Crippen MR) is 75.9 cm³/mol. The molecular formula is C13H17N5O5. The van der Waals surface area contributed by atoms with Crippen LogP contribution in [0, 0.1) is 0 Å². The molecule has 10 heteroatoms. The van der Waals surface area contributed by atoms with Crippen LogP contribution in [0.25, 0.3) is 0 Å². The maximum absolute atomic E-state index is 12.2. The number of nitrogens with zero attached hydrogens (tertiary/aromatic N) is 2. The molecule has 0 unspecified atom stereocenters. The van der Waals surface area contributed by atoms with Crippen LogP contribution < -0.4 is 10.6 Å². The molecule has 0 spiro atoms. The Balaban J connectivity index is 2.03. The molecule has 1 aliphatic heterocycles. The average Bonchev–Trinajstić information content (AvgIpc) is 3.03. The van der Waals surface area contributed by atoms with Gasteiger partial charge in [0.25, 0.3) is 0 Å². The largest absolute Gasteiger partial charge is 0.467 e. The van der Waals surface area contributed by atoms with Gasteiger partial charge in [-0.25, -0.2) is 14.6 Å². The van der Waals surface area contributed by atoms with Gasteiger partial charge in [0, 0.05) is 25.4 Å². The van der Waals surface area contributed by atoms with Crippen LogP contribution in [0.1, 0.15) is 12.1 Å². The summed E-state index contributed by atoms with van der Waals surface area (Å²) in [5.74, 6) is -1.75. The van der Waals surface area contributed by atoms with Gasteiger partial charge in [0.05, 0.1) is 19.9 Å². The van der Waals surface area contributed by atoms with E-state index >= 15 is 0 Å². The Morgan fingerprint density at radius 1 is 1.52 bits per heavy atom. The topological polar surface area (TPSA) is 133 Å². The normalized spacial score (nSPS) is 19.0. The molecule has 1 aromatic heterocycles. The first-order valence-electron chi connectivity index (χ1n) is 6.85. The van der Waals surface area contributed by atoms with Crippen molar-refractivity contribution in [2.24, 2.45) is 0 Å². The first kappa shape index (κ1) is 16.5. The fraction of sp³-hybridized carbons (Fsp3) is 0.462. The summed E-state index contributed by atoms with van der Waals surface area (Å²) in [6.45, 7) is 0. The molecule has 1 aromatic rings. The van der Waals surface area contributed by atoms with Crippen molar-refractivity contribution in [1.82, 2.24) is 25.5 Å². The van der Waals surface area contributed by atoms with Crippen molar-refractivity contribution in [3.8, 4) is 0 Å². The Morgan fingerprint density at radius 3 is 2.83 bits per heavy atom. The van der Waals surface area contributed by atoms with Crippen molar-refractivity contribution in [2.75, 3.05) is 14.2 Å². The first-order valence-corrected chi connectivity index (χ1v) is 6.85. The lowest BCUT2D eigenvalue weighted by molar-refractivity contribution is -0.145. The van der Waals surface area contributed by atoms with Gasteiger partial charge >= 0.3 is 12.0 Å². The zero-order valence-corrected chi connectivity index (χ0v) is 12.7. The molecule has 124 valence electrons. The maximum Gasteiger partial charge on any atom is 0.328 e. The van der Waals surface area contributed by atoms with Crippen LogP contribution in [0.15, 0.2) is 12.5 Å². The Hall–Kier alpha value is -2.91. The highest BCUT2D eigenvalue weighted by molar-refractivity contribution is 6.02. The number of ether oxygens (including phenoxy) is 1. The number of amides is 4. The van der Waals surface area contributed by atoms with Crippen LogP contribution in [-0.2, 0) is 25.5 Å². The molecule has 0 aromatic carbocycles. The third-order valence-corrected chi connectivity index (χ3v) is 3.45. The number of nitrogens with one attached hydrogen (secondary N) is 3. The zero-order chi connectivity index (χ0) is 17.0. The molecule has 2 atom stereocenters. The number of carbonyl (C=O) groups is 4. The van der Waals surface area contributed by atoms with Crippen LogP contribution >= 0.6 is 0 Å². The highest BCUT2D eigenvalue weighted by atomic mass is 16.5. The number of methoxy groups -OCH3 is 1. The number of imidazole rings is 1. The zero-order valence-electron chi connectivity index (χ0n) is 12.7. The lowest BCUT2D eigenvalue weighted by Crippen LogP contribution is -2.59. The predicted octanol–water partition coefficient (Wildman–Crippen LogP) is -1.45. The molecule has 10 nitrogen and oxygen atoms in total. The van der Waals surface area contributed by atoms with Crippen LogP contribution in [0.3, 0.4) is 0 Å². The number of aromatic nitrogens is 2. The highest BCUT2D eigenvalue weighted by Gasteiger charge is 2.35. The molecule has 0 aliphatic carbocycles. The van der Waals surface area contributed by atoms with E-state index in [1.807, 2.05) is 0 Å². The molecular weight excluding hydrogens is 306 g/mol. The summed E-state index contributed by atoms with van der Waals surface area (Å²) in [6, 6.07) is -2.65. The molecule has 1 aliphatic rings. The Labute approximate surface area is 131 Å². The van der Waals surface area contributed by atoms with Gasteiger partial charge in [-0.15, -0.1) is 0 Å². The number of esters is 1. The van der Waals surface area contributed by atoms with Crippen molar-refractivity contribution < 1.29 is 23.9 Å². The molecule has 3 N–H and O–H groups in total. The molecule has 23 heavy (non-hydrogen) atoms. The minimum Gasteiger partial charge on any atom is -0.467 e. The van der Waals surface area contributed by atoms with Gasteiger partial charge in [-0.3, -0.25) is 14.5 Å². The van der Waals surface area contributed by atoms with E-state index in [9.17, 15) is 19.2 Å². The summed E-state index contributed by atoms with van der Waals surface area (Å²) >= 11 is 0. The van der Waals surface area contributed by atoms with Crippen molar-refractivity contribution in [2.45, 2.75) is 24.9 Å². The standard InChI is InChI=1S/C13H17N5O5/c1-18-10(19)4-8(17-13(18)22)11(20)16-9(12(21)23-2)3-7-5-14-6-15-7/h5-6,8-9H,3-4H2,1-2H3,(H,14,15)(H,16,20)(H,17,22)/t8-,9-/m0/s1. The van der Waals surface area contributed by atoms with Crippen molar-refractivity contribution in [3.63, 3.8) is 0 Å². The molecule has 4 amide bonds. The van der Waals surface area contributed by atoms with Gasteiger partial charge in [-0.2, -0.15) is 0 Å². The lowest BCUT2D eigenvalue weighted by Gasteiger charge is -2.28. The number of hydrogen-bond donors (Lipinski definition) is 3. The van der Waals surface area contributed by atoms with Gasteiger partial charge in [-0.1, -0.05) is 0 Å². The van der Waals surface area contributed by atoms with E-state index in [4.69, 9.17) is 0 Å². The third kappa shape index (κ3) is 3.84. The molecule has 0 radical (unpaired) electrons. The monoisotopic (exact) mass is 323 g/mol. The summed E-state index contributed by atoms with van der Waals surface area (Å²) < 4.78 is 4.66. The van der Waals surface area contributed by atoms with Crippen molar-refractivity contribution in [1.29, 1.82) is 0 Å². The van der Waals surface area contributed by atoms with Crippen LogP contribution in [-0.4, -0.2) is 64.9 Å². The fourth-order valence-corrected chi connectivity index (χ4v) is 2.10. The second-order valence-electron chi connectivity index (χ2n) is 5.02. The van der Waals surface area contributed by atoms with Gasteiger partial charge in [0.1, 0.15) is 12.1 Å². The Kier molecular flexibility index (Phi) is 4.94. The third-order valence-electron chi connectivity index (χ3n) is 3.45. The van der Waals surface area contributed by atoms with Crippen LogP contribution in [0.2, 0.25) is 0 Å². The summed E-state index contributed by atoms with van der Waals surface area (Å²) in [6.07, 6.45) is 2.93. The van der Waals surface area contributed by atoms with E-state index in [0.717, 1.165) is 4.90 Å². The van der Waals surface area contributed by atoms with Crippen LogP contribution in [0.5, 0.6) is 0 Å². The number of urea groups is 1. The van der Waals surface area contributed by atoms with E-state index in [0.29, 0.717) is 5.69 Å².